The van der Waals surface area contributed by atoms with Crippen LogP contribution in [0.3, 0.4) is 0 Å². The van der Waals surface area contributed by atoms with Crippen molar-refractivity contribution < 1.29 is 19.4 Å². The molecule has 190 valence electrons. The van der Waals surface area contributed by atoms with Gasteiger partial charge in [0, 0.05) is 24.2 Å². The molecular weight excluding hydrogens is 462 g/mol. The normalized spacial score (nSPS) is 12.6. The van der Waals surface area contributed by atoms with E-state index in [-0.39, 0.29) is 12.5 Å². The summed E-state index contributed by atoms with van der Waals surface area (Å²) in [4.78, 5) is 14.5. The predicted molar refractivity (Wildman–Crippen MR) is 147 cm³/mol. The summed E-state index contributed by atoms with van der Waals surface area (Å²) >= 11 is 0. The lowest BCUT2D eigenvalue weighted by molar-refractivity contribution is -0.138. The van der Waals surface area contributed by atoms with Gasteiger partial charge in [0.2, 0.25) is 0 Å². The van der Waals surface area contributed by atoms with E-state index in [4.69, 9.17) is 9.47 Å². The van der Waals surface area contributed by atoms with Gasteiger partial charge in [0.15, 0.2) is 11.5 Å². The molecule has 37 heavy (non-hydrogen) atoms. The summed E-state index contributed by atoms with van der Waals surface area (Å²) in [7, 11) is 3.23. The molecule has 1 unspecified atom stereocenters. The lowest BCUT2D eigenvalue weighted by Gasteiger charge is -2.37. The Balaban J connectivity index is 1.89. The highest BCUT2D eigenvalue weighted by Crippen LogP contribution is 2.43. The van der Waals surface area contributed by atoms with Crippen LogP contribution < -0.4 is 9.47 Å². The van der Waals surface area contributed by atoms with Crippen LogP contribution in [0.5, 0.6) is 11.5 Å². The van der Waals surface area contributed by atoms with Crippen molar-refractivity contribution >= 4 is 5.97 Å². The molecule has 4 rings (SSSR count). The second-order valence-corrected chi connectivity index (χ2v) is 9.03. The Morgan fingerprint density at radius 3 is 1.97 bits per heavy atom. The van der Waals surface area contributed by atoms with Gasteiger partial charge in [-0.05, 0) is 41.3 Å². The van der Waals surface area contributed by atoms with E-state index < -0.39 is 12.0 Å². The van der Waals surface area contributed by atoms with Gasteiger partial charge in [-0.1, -0.05) is 91.0 Å². The van der Waals surface area contributed by atoms with Crippen LogP contribution in [0.1, 0.15) is 42.1 Å². The summed E-state index contributed by atoms with van der Waals surface area (Å²) in [5.74, 6) is 0.331. The summed E-state index contributed by atoms with van der Waals surface area (Å²) < 4.78 is 11.5. The van der Waals surface area contributed by atoms with Gasteiger partial charge in [0.1, 0.15) is 0 Å². The van der Waals surface area contributed by atoms with Gasteiger partial charge < -0.3 is 14.6 Å². The summed E-state index contributed by atoms with van der Waals surface area (Å²) in [6.45, 7) is 2.72. The van der Waals surface area contributed by atoms with Crippen molar-refractivity contribution in [3.63, 3.8) is 0 Å². The molecule has 0 bridgehead atoms. The zero-order valence-corrected chi connectivity index (χ0v) is 21.5. The molecule has 0 heterocycles. The molecule has 0 radical (unpaired) electrons. The number of carbonyl (C=O) groups is 1. The van der Waals surface area contributed by atoms with E-state index in [1.54, 1.807) is 14.2 Å². The van der Waals surface area contributed by atoms with Crippen LogP contribution in [0, 0.1) is 0 Å². The highest BCUT2D eigenvalue weighted by atomic mass is 16.5. The van der Waals surface area contributed by atoms with E-state index in [2.05, 4.69) is 36.1 Å². The molecule has 0 aliphatic heterocycles. The fraction of sp³-hybridized carbons (Fsp3) is 0.219. The maximum Gasteiger partial charge on any atom is 0.305 e. The molecule has 0 saturated carbocycles. The fourth-order valence-electron chi connectivity index (χ4n) is 4.84. The standard InChI is InChI=1S/C32H33NO4/c1-23(25-15-9-5-10-16-25)33(22-24-13-7-4-8-14-24)29(21-31(34)35)27-19-28(26-17-11-6-12-18-26)32(37-3)30(20-27)36-2/h4-20,23,29H,21-22H2,1-3H3,(H,34,35)/t23-,29?/m1/s1. The van der Waals surface area contributed by atoms with Crippen LogP contribution in [0.2, 0.25) is 0 Å². The Bertz CT molecular complexity index is 1290. The van der Waals surface area contributed by atoms with Gasteiger partial charge >= 0.3 is 5.97 Å². The Morgan fingerprint density at radius 1 is 0.811 bits per heavy atom. The number of carboxylic acid groups (broad SMARTS) is 1. The molecule has 5 heteroatoms. The molecule has 0 aliphatic rings. The van der Waals surface area contributed by atoms with Gasteiger partial charge in [-0.25, -0.2) is 0 Å². The first-order valence-corrected chi connectivity index (χ1v) is 12.4. The first-order chi connectivity index (χ1) is 18.0. The van der Waals surface area contributed by atoms with Crippen LogP contribution in [-0.4, -0.2) is 30.2 Å². The van der Waals surface area contributed by atoms with E-state index in [0.29, 0.717) is 18.0 Å². The average molecular weight is 496 g/mol. The number of hydrogen-bond acceptors (Lipinski definition) is 4. The molecule has 0 aliphatic carbocycles. The SMILES string of the molecule is COc1cc(C(CC(=O)O)N(Cc2ccccc2)[C@H](C)c2ccccc2)cc(-c2ccccc2)c1OC. The van der Waals surface area contributed by atoms with Gasteiger partial charge in [0.05, 0.1) is 20.6 Å². The van der Waals surface area contributed by atoms with E-state index in [1.165, 1.54) is 0 Å². The first kappa shape index (κ1) is 26.0. The maximum atomic E-state index is 12.2. The molecular formula is C32H33NO4. The largest absolute Gasteiger partial charge is 0.493 e. The van der Waals surface area contributed by atoms with Crippen molar-refractivity contribution in [2.45, 2.75) is 32.0 Å². The van der Waals surface area contributed by atoms with Gasteiger partial charge in [-0.15, -0.1) is 0 Å². The maximum absolute atomic E-state index is 12.2. The lowest BCUT2D eigenvalue weighted by Crippen LogP contribution is -2.33. The molecule has 0 aromatic heterocycles. The monoisotopic (exact) mass is 495 g/mol. The number of benzene rings is 4. The predicted octanol–water partition coefficient (Wildman–Crippen LogP) is 7.15. The molecule has 0 amide bonds. The van der Waals surface area contributed by atoms with E-state index in [9.17, 15) is 9.90 Å². The number of carboxylic acids is 1. The number of nitrogens with zero attached hydrogens (tertiary/aromatic N) is 1. The minimum absolute atomic E-state index is 0.0426. The fourth-order valence-corrected chi connectivity index (χ4v) is 4.84. The van der Waals surface area contributed by atoms with Crippen LogP contribution in [-0.2, 0) is 11.3 Å². The molecule has 4 aromatic rings. The summed E-state index contributed by atoms with van der Waals surface area (Å²) in [5, 5.41) is 10.0. The molecule has 2 atom stereocenters. The zero-order valence-electron chi connectivity index (χ0n) is 21.5. The summed E-state index contributed by atoms with van der Waals surface area (Å²) in [6, 6.07) is 33.8. The third-order valence-electron chi connectivity index (χ3n) is 6.73. The second-order valence-electron chi connectivity index (χ2n) is 9.03. The molecule has 0 saturated heterocycles. The van der Waals surface area contributed by atoms with E-state index >= 15 is 0 Å². The van der Waals surface area contributed by atoms with Crippen LogP contribution in [0.25, 0.3) is 11.1 Å². The Hall–Kier alpha value is -4.09. The Labute approximate surface area is 218 Å². The van der Waals surface area contributed by atoms with Crippen LogP contribution >= 0.6 is 0 Å². The molecule has 4 aromatic carbocycles. The van der Waals surface area contributed by atoms with Crippen molar-refractivity contribution in [2.24, 2.45) is 0 Å². The number of ether oxygens (including phenoxy) is 2. The Morgan fingerprint density at radius 2 is 1.41 bits per heavy atom. The lowest BCUT2D eigenvalue weighted by atomic mass is 9.93. The minimum atomic E-state index is -0.862. The van der Waals surface area contributed by atoms with E-state index in [1.807, 2.05) is 78.9 Å². The van der Waals surface area contributed by atoms with Crippen molar-refractivity contribution in [1.29, 1.82) is 0 Å². The molecule has 1 N–H and O–H groups in total. The average Bonchev–Trinajstić information content (AvgIpc) is 2.95. The highest BCUT2D eigenvalue weighted by Gasteiger charge is 2.30. The minimum Gasteiger partial charge on any atom is -0.493 e. The van der Waals surface area contributed by atoms with Crippen molar-refractivity contribution in [3.8, 4) is 22.6 Å². The van der Waals surface area contributed by atoms with Gasteiger partial charge in [0.25, 0.3) is 0 Å². The molecule has 0 spiro atoms. The number of aliphatic carboxylic acids is 1. The third-order valence-corrected chi connectivity index (χ3v) is 6.73. The third kappa shape index (κ3) is 6.19. The number of hydrogen-bond donors (Lipinski definition) is 1. The van der Waals surface area contributed by atoms with Gasteiger partial charge in [-0.2, -0.15) is 0 Å². The number of methoxy groups -OCH3 is 2. The summed E-state index contributed by atoms with van der Waals surface area (Å²) in [5.41, 5.74) is 4.93. The zero-order chi connectivity index (χ0) is 26.2. The summed E-state index contributed by atoms with van der Waals surface area (Å²) in [6.07, 6.45) is -0.0618. The second kappa shape index (κ2) is 12.2. The van der Waals surface area contributed by atoms with Crippen molar-refractivity contribution in [3.05, 3.63) is 120 Å². The van der Waals surface area contributed by atoms with Crippen molar-refractivity contribution in [2.75, 3.05) is 14.2 Å². The quantitative estimate of drug-likeness (QED) is 0.239. The number of rotatable bonds is 11. The smallest absolute Gasteiger partial charge is 0.305 e. The molecule has 5 nitrogen and oxygen atoms in total. The first-order valence-electron chi connectivity index (χ1n) is 12.4. The van der Waals surface area contributed by atoms with Crippen molar-refractivity contribution in [1.82, 2.24) is 4.90 Å². The topological polar surface area (TPSA) is 59.0 Å². The molecule has 0 fully saturated rings. The van der Waals surface area contributed by atoms with Gasteiger partial charge in [-0.3, -0.25) is 9.69 Å². The highest BCUT2D eigenvalue weighted by molar-refractivity contribution is 5.75. The van der Waals surface area contributed by atoms with E-state index in [0.717, 1.165) is 27.8 Å². The Kier molecular flexibility index (Phi) is 8.60. The van der Waals surface area contributed by atoms with Crippen LogP contribution in [0.15, 0.2) is 103 Å². The van der Waals surface area contributed by atoms with Crippen LogP contribution in [0.4, 0.5) is 0 Å².